The standard InChI is InChI=1S/C21H21N5O2S/c1-2-4-17-14(3-1)18-19(23-10-13-5-6-15-16(9-13)28-12-27-15)24-21(25-20(18)29-17)26-8-7-22-11-26/h5-9,11,14,17H,1-4,10,12H2,(H,23,24,25). The van der Waals surface area contributed by atoms with Gasteiger partial charge in [0, 0.05) is 35.7 Å². The number of anilines is 1. The molecule has 0 amide bonds. The summed E-state index contributed by atoms with van der Waals surface area (Å²) in [5, 5.41) is 5.33. The van der Waals surface area contributed by atoms with Gasteiger partial charge in [-0.2, -0.15) is 4.98 Å². The zero-order valence-corrected chi connectivity index (χ0v) is 16.7. The van der Waals surface area contributed by atoms with Crippen LogP contribution in [-0.2, 0) is 6.54 Å². The highest BCUT2D eigenvalue weighted by Crippen LogP contribution is 2.53. The van der Waals surface area contributed by atoms with E-state index in [-0.39, 0.29) is 0 Å². The monoisotopic (exact) mass is 407 g/mol. The van der Waals surface area contributed by atoms with Crippen LogP contribution in [0.3, 0.4) is 0 Å². The predicted octanol–water partition coefficient (Wildman–Crippen LogP) is 4.14. The van der Waals surface area contributed by atoms with Crippen molar-refractivity contribution >= 4 is 17.6 Å². The Morgan fingerprint density at radius 3 is 3.00 bits per heavy atom. The van der Waals surface area contributed by atoms with Gasteiger partial charge in [-0.15, -0.1) is 11.8 Å². The second kappa shape index (κ2) is 6.95. The highest BCUT2D eigenvalue weighted by molar-refractivity contribution is 8.00. The minimum Gasteiger partial charge on any atom is -0.454 e. The fourth-order valence-corrected chi connectivity index (χ4v) is 5.95. The maximum absolute atomic E-state index is 5.51. The molecule has 0 spiro atoms. The van der Waals surface area contributed by atoms with Crippen LogP contribution >= 0.6 is 11.8 Å². The molecule has 6 rings (SSSR count). The minimum absolute atomic E-state index is 0.292. The third-order valence-electron chi connectivity index (χ3n) is 5.87. The van der Waals surface area contributed by atoms with E-state index >= 15 is 0 Å². The SMILES string of the molecule is c1cn(-c2nc(NCc3ccc4c(c3)OCO4)c3c(n2)SC2CCCCC32)cn1. The van der Waals surface area contributed by atoms with Crippen molar-refractivity contribution < 1.29 is 9.47 Å². The summed E-state index contributed by atoms with van der Waals surface area (Å²) >= 11 is 1.92. The molecular formula is C21H21N5O2S. The van der Waals surface area contributed by atoms with E-state index in [4.69, 9.17) is 19.4 Å². The Morgan fingerprint density at radius 2 is 2.07 bits per heavy atom. The molecule has 2 aliphatic heterocycles. The summed E-state index contributed by atoms with van der Waals surface area (Å²) in [6.07, 6.45) is 10.5. The quantitative estimate of drug-likeness (QED) is 0.652. The van der Waals surface area contributed by atoms with Crippen LogP contribution in [0.25, 0.3) is 5.95 Å². The molecule has 4 heterocycles. The number of thioether (sulfide) groups is 1. The van der Waals surface area contributed by atoms with Crippen LogP contribution in [0.4, 0.5) is 5.82 Å². The van der Waals surface area contributed by atoms with Crippen LogP contribution in [0.15, 0.2) is 41.9 Å². The first kappa shape index (κ1) is 17.1. The van der Waals surface area contributed by atoms with Crippen LogP contribution in [0.5, 0.6) is 11.5 Å². The van der Waals surface area contributed by atoms with Gasteiger partial charge in [0.25, 0.3) is 0 Å². The molecule has 1 saturated carbocycles. The first-order valence-electron chi connectivity index (χ1n) is 10.0. The summed E-state index contributed by atoms with van der Waals surface area (Å²) in [5.41, 5.74) is 2.43. The largest absolute Gasteiger partial charge is 0.454 e. The minimum atomic E-state index is 0.292. The number of hydrogen-bond acceptors (Lipinski definition) is 7. The third kappa shape index (κ3) is 3.02. The Hall–Kier alpha value is -2.74. The Balaban J connectivity index is 1.35. The molecule has 0 saturated heterocycles. The molecule has 1 aliphatic carbocycles. The molecule has 3 aromatic rings. The number of rotatable bonds is 4. The Morgan fingerprint density at radius 1 is 1.14 bits per heavy atom. The van der Waals surface area contributed by atoms with Gasteiger partial charge in [0.15, 0.2) is 11.5 Å². The third-order valence-corrected chi connectivity index (χ3v) is 7.27. The van der Waals surface area contributed by atoms with E-state index in [1.807, 2.05) is 34.7 Å². The van der Waals surface area contributed by atoms with Crippen LogP contribution in [-0.4, -0.2) is 31.6 Å². The summed E-state index contributed by atoms with van der Waals surface area (Å²) in [4.78, 5) is 13.9. The maximum atomic E-state index is 5.51. The molecule has 148 valence electrons. The zero-order valence-electron chi connectivity index (χ0n) is 15.9. The average Bonchev–Trinajstić information content (AvgIpc) is 3.50. The summed E-state index contributed by atoms with van der Waals surface area (Å²) in [6.45, 7) is 0.964. The number of imidazole rings is 1. The molecule has 1 N–H and O–H groups in total. The highest BCUT2D eigenvalue weighted by atomic mass is 32.2. The van der Waals surface area contributed by atoms with Gasteiger partial charge in [0.2, 0.25) is 12.7 Å². The van der Waals surface area contributed by atoms with E-state index in [0.29, 0.717) is 30.5 Å². The number of ether oxygens (including phenoxy) is 2. The molecule has 2 atom stereocenters. The number of aromatic nitrogens is 4. The lowest BCUT2D eigenvalue weighted by Gasteiger charge is -2.25. The number of hydrogen-bond donors (Lipinski definition) is 1. The Kier molecular flexibility index (Phi) is 4.11. The van der Waals surface area contributed by atoms with E-state index in [1.165, 1.54) is 31.2 Å². The van der Waals surface area contributed by atoms with Gasteiger partial charge in [-0.05, 0) is 30.5 Å². The van der Waals surface area contributed by atoms with Gasteiger partial charge in [-0.1, -0.05) is 18.9 Å². The van der Waals surface area contributed by atoms with Gasteiger partial charge in [-0.3, -0.25) is 4.57 Å². The lowest BCUT2D eigenvalue weighted by molar-refractivity contribution is 0.174. The van der Waals surface area contributed by atoms with Gasteiger partial charge >= 0.3 is 0 Å². The maximum Gasteiger partial charge on any atom is 0.237 e. The molecule has 0 radical (unpaired) electrons. The first-order valence-corrected chi connectivity index (χ1v) is 10.9. The lowest BCUT2D eigenvalue weighted by Crippen LogP contribution is -2.17. The van der Waals surface area contributed by atoms with Crippen LogP contribution < -0.4 is 14.8 Å². The summed E-state index contributed by atoms with van der Waals surface area (Å²) < 4.78 is 12.8. The molecule has 8 heteroatoms. The molecule has 7 nitrogen and oxygen atoms in total. The molecule has 2 unspecified atom stereocenters. The van der Waals surface area contributed by atoms with Gasteiger partial charge in [0.05, 0.1) is 0 Å². The van der Waals surface area contributed by atoms with Crippen molar-refractivity contribution in [2.24, 2.45) is 0 Å². The van der Waals surface area contributed by atoms with Crippen molar-refractivity contribution in [3.63, 3.8) is 0 Å². The molecule has 0 bridgehead atoms. The topological polar surface area (TPSA) is 74.1 Å². The second-order valence-corrected chi connectivity index (χ2v) is 8.88. The van der Waals surface area contributed by atoms with Gasteiger partial charge < -0.3 is 14.8 Å². The van der Waals surface area contributed by atoms with Gasteiger partial charge in [-0.25, -0.2) is 9.97 Å². The number of nitrogens with zero attached hydrogens (tertiary/aromatic N) is 4. The fourth-order valence-electron chi connectivity index (χ4n) is 4.44. The van der Waals surface area contributed by atoms with Crippen molar-refractivity contribution in [3.8, 4) is 17.4 Å². The first-order chi connectivity index (χ1) is 14.3. The van der Waals surface area contributed by atoms with E-state index in [1.54, 1.807) is 12.5 Å². The lowest BCUT2D eigenvalue weighted by atomic mass is 9.84. The average molecular weight is 407 g/mol. The zero-order chi connectivity index (χ0) is 19.2. The van der Waals surface area contributed by atoms with Crippen molar-refractivity contribution in [1.29, 1.82) is 0 Å². The molecule has 2 aromatic heterocycles. The summed E-state index contributed by atoms with van der Waals surface area (Å²) in [5.74, 6) is 3.76. The molecule has 1 aromatic carbocycles. The normalized spacial score (nSPS) is 21.7. The smallest absolute Gasteiger partial charge is 0.237 e. The van der Waals surface area contributed by atoms with E-state index in [9.17, 15) is 0 Å². The highest BCUT2D eigenvalue weighted by Gasteiger charge is 2.39. The fraction of sp³-hybridized carbons (Fsp3) is 0.381. The summed E-state index contributed by atoms with van der Waals surface area (Å²) in [6, 6.07) is 6.07. The molecule has 3 aliphatic rings. The van der Waals surface area contributed by atoms with E-state index in [0.717, 1.165) is 27.9 Å². The van der Waals surface area contributed by atoms with Crippen molar-refractivity contribution in [1.82, 2.24) is 19.5 Å². The second-order valence-electron chi connectivity index (χ2n) is 7.65. The van der Waals surface area contributed by atoms with Gasteiger partial charge in [0.1, 0.15) is 17.2 Å². The van der Waals surface area contributed by atoms with Crippen molar-refractivity contribution in [3.05, 3.63) is 48.0 Å². The number of benzene rings is 1. The van der Waals surface area contributed by atoms with Crippen LogP contribution in [0.1, 0.15) is 42.7 Å². The molecular weight excluding hydrogens is 386 g/mol. The van der Waals surface area contributed by atoms with Crippen molar-refractivity contribution in [2.75, 3.05) is 12.1 Å². The number of nitrogens with one attached hydrogen (secondary N) is 1. The molecule has 29 heavy (non-hydrogen) atoms. The molecule has 1 fully saturated rings. The van der Waals surface area contributed by atoms with Crippen LogP contribution in [0.2, 0.25) is 0 Å². The summed E-state index contributed by atoms with van der Waals surface area (Å²) in [7, 11) is 0. The van der Waals surface area contributed by atoms with E-state index in [2.05, 4.69) is 16.4 Å². The Labute approximate surface area is 172 Å². The van der Waals surface area contributed by atoms with E-state index < -0.39 is 0 Å². The predicted molar refractivity (Wildman–Crippen MR) is 110 cm³/mol. The number of fused-ring (bicyclic) bond motifs is 4. The Bertz CT molecular complexity index is 1060. The van der Waals surface area contributed by atoms with Crippen molar-refractivity contribution in [2.45, 2.75) is 48.4 Å². The van der Waals surface area contributed by atoms with Crippen LogP contribution in [0, 0.1) is 0 Å².